The van der Waals surface area contributed by atoms with Crippen molar-refractivity contribution < 1.29 is 18.3 Å². The van der Waals surface area contributed by atoms with Gasteiger partial charge in [0.15, 0.2) is 11.0 Å². The Morgan fingerprint density at radius 1 is 1.00 bits per heavy atom. The van der Waals surface area contributed by atoms with Crippen LogP contribution in [-0.4, -0.2) is 26.5 Å². The first-order valence-electron chi connectivity index (χ1n) is 9.79. The number of nitrogens with zero attached hydrogens (tertiary/aromatic N) is 4. The molecule has 0 amide bonds. The number of hydrogen-bond donors (Lipinski definition) is 0. The minimum absolute atomic E-state index is 0.113. The molecule has 3 aromatic carbocycles. The Morgan fingerprint density at radius 2 is 1.76 bits per heavy atom. The van der Waals surface area contributed by atoms with Crippen LogP contribution in [0.15, 0.2) is 78.0 Å². The van der Waals surface area contributed by atoms with Crippen LogP contribution in [0.2, 0.25) is 0 Å². The molecule has 6 nitrogen and oxygen atoms in total. The summed E-state index contributed by atoms with van der Waals surface area (Å²) in [5.41, 5.74) is 1.36. The normalized spacial score (nSPS) is 10.6. The number of carbonyl (C=O) groups excluding carboxylic acids is 1. The van der Waals surface area contributed by atoms with Crippen LogP contribution in [0.4, 0.5) is 8.78 Å². The largest absolute Gasteiger partial charge is 0.460 e. The van der Waals surface area contributed by atoms with Gasteiger partial charge < -0.3 is 4.74 Å². The smallest absolute Gasteiger partial charge is 0.316 e. The molecule has 4 aromatic rings. The lowest BCUT2D eigenvalue weighted by Crippen LogP contribution is -2.09. The third-order valence-electron chi connectivity index (χ3n) is 4.65. The van der Waals surface area contributed by atoms with Crippen LogP contribution in [-0.2, 0) is 16.1 Å². The highest BCUT2D eigenvalue weighted by Crippen LogP contribution is 2.29. The highest BCUT2D eigenvalue weighted by molar-refractivity contribution is 7.99. The number of benzene rings is 3. The number of aromatic nitrogens is 3. The monoisotopic (exact) mass is 462 g/mol. The van der Waals surface area contributed by atoms with E-state index in [1.807, 2.05) is 36.4 Å². The number of esters is 1. The SMILES string of the molecule is N#Cc1ccc(F)c(COC(=O)CSc2nnc(-c3ccccc3F)n2-c2ccccc2)c1. The van der Waals surface area contributed by atoms with Crippen LogP contribution in [0.1, 0.15) is 11.1 Å². The van der Waals surface area contributed by atoms with Crippen molar-refractivity contribution >= 4 is 17.7 Å². The molecule has 33 heavy (non-hydrogen) atoms. The van der Waals surface area contributed by atoms with Crippen molar-refractivity contribution in [2.75, 3.05) is 5.75 Å². The van der Waals surface area contributed by atoms with Gasteiger partial charge >= 0.3 is 5.97 Å². The van der Waals surface area contributed by atoms with E-state index >= 15 is 0 Å². The number of halogens is 2. The summed E-state index contributed by atoms with van der Waals surface area (Å²) in [6.45, 7) is -0.299. The molecule has 0 aliphatic carbocycles. The van der Waals surface area contributed by atoms with E-state index < -0.39 is 17.6 Å². The van der Waals surface area contributed by atoms with Gasteiger partial charge in [-0.15, -0.1) is 10.2 Å². The average molecular weight is 462 g/mol. The van der Waals surface area contributed by atoms with Crippen LogP contribution < -0.4 is 0 Å². The van der Waals surface area contributed by atoms with Crippen molar-refractivity contribution in [2.45, 2.75) is 11.8 Å². The number of nitriles is 1. The fraction of sp³-hybridized carbons (Fsp3) is 0.0833. The number of hydrogen-bond acceptors (Lipinski definition) is 6. The number of ether oxygens (including phenoxy) is 1. The molecule has 0 saturated heterocycles. The Labute approximate surface area is 192 Å². The molecule has 164 valence electrons. The van der Waals surface area contributed by atoms with Crippen LogP contribution in [0.25, 0.3) is 17.1 Å². The van der Waals surface area contributed by atoms with E-state index in [9.17, 15) is 13.6 Å². The van der Waals surface area contributed by atoms with Gasteiger partial charge in [-0.25, -0.2) is 8.78 Å². The minimum Gasteiger partial charge on any atom is -0.460 e. The van der Waals surface area contributed by atoms with Gasteiger partial charge in [0.1, 0.15) is 18.2 Å². The summed E-state index contributed by atoms with van der Waals surface area (Å²) in [4.78, 5) is 12.3. The third-order valence-corrected chi connectivity index (χ3v) is 5.55. The highest BCUT2D eigenvalue weighted by Gasteiger charge is 2.19. The first-order valence-corrected chi connectivity index (χ1v) is 10.8. The minimum atomic E-state index is -0.600. The number of thioether (sulfide) groups is 1. The molecule has 0 unspecified atom stereocenters. The topological polar surface area (TPSA) is 80.8 Å². The summed E-state index contributed by atoms with van der Waals surface area (Å²) in [6, 6.07) is 21.1. The predicted molar refractivity (Wildman–Crippen MR) is 118 cm³/mol. The first-order chi connectivity index (χ1) is 16.1. The summed E-state index contributed by atoms with van der Waals surface area (Å²) < 4.78 is 35.1. The van der Waals surface area contributed by atoms with Gasteiger partial charge in [0.05, 0.1) is 22.9 Å². The lowest BCUT2D eigenvalue weighted by Gasteiger charge is -2.11. The van der Waals surface area contributed by atoms with Crippen molar-refractivity contribution in [1.29, 1.82) is 5.26 Å². The molecule has 0 spiro atoms. The van der Waals surface area contributed by atoms with E-state index in [-0.39, 0.29) is 29.1 Å². The zero-order chi connectivity index (χ0) is 23.2. The molecule has 0 radical (unpaired) electrons. The molecule has 0 aliphatic rings. The van der Waals surface area contributed by atoms with Crippen molar-refractivity contribution in [1.82, 2.24) is 14.8 Å². The van der Waals surface area contributed by atoms with Crippen molar-refractivity contribution in [3.63, 3.8) is 0 Å². The molecule has 0 saturated carbocycles. The average Bonchev–Trinajstić information content (AvgIpc) is 3.26. The molecule has 0 bridgehead atoms. The first kappa shape index (κ1) is 22.2. The molecular formula is C24H16F2N4O2S. The lowest BCUT2D eigenvalue weighted by molar-refractivity contribution is -0.141. The Balaban J connectivity index is 1.52. The van der Waals surface area contributed by atoms with E-state index in [4.69, 9.17) is 10.00 Å². The standard InChI is InChI=1S/C24H16F2N4O2S/c25-20-11-10-16(13-27)12-17(20)14-32-22(31)15-33-24-29-28-23(19-8-4-5-9-21(19)26)30(24)18-6-2-1-3-7-18/h1-12H,14-15H2. The molecule has 0 aliphatic heterocycles. The molecule has 0 fully saturated rings. The van der Waals surface area contributed by atoms with E-state index in [1.165, 1.54) is 18.2 Å². The Kier molecular flexibility index (Phi) is 6.76. The summed E-state index contributed by atoms with van der Waals surface area (Å²) in [5, 5.41) is 17.6. The quantitative estimate of drug-likeness (QED) is 0.287. The maximum atomic E-state index is 14.4. The van der Waals surface area contributed by atoms with Crippen molar-refractivity contribution in [2.24, 2.45) is 0 Å². The zero-order valence-corrected chi connectivity index (χ0v) is 17.9. The van der Waals surface area contributed by atoms with Gasteiger partial charge in [0.25, 0.3) is 0 Å². The second kappa shape index (κ2) is 10.1. The maximum Gasteiger partial charge on any atom is 0.316 e. The van der Waals surface area contributed by atoms with Crippen molar-refractivity contribution in [3.8, 4) is 23.1 Å². The van der Waals surface area contributed by atoms with E-state index in [2.05, 4.69) is 10.2 Å². The number of rotatable bonds is 7. The second-order valence-corrected chi connectivity index (χ2v) is 7.77. The Hall–Kier alpha value is -4.03. The summed E-state index contributed by atoms with van der Waals surface area (Å²) in [5.74, 6) is -1.43. The number of carbonyl (C=O) groups is 1. The predicted octanol–water partition coefficient (Wildman–Crippen LogP) is 4.92. The molecule has 0 N–H and O–H groups in total. The lowest BCUT2D eigenvalue weighted by atomic mass is 10.1. The molecule has 4 rings (SSSR count). The van der Waals surface area contributed by atoms with Gasteiger partial charge in [0.2, 0.25) is 0 Å². The molecule has 1 heterocycles. The molecule has 9 heteroatoms. The summed E-state index contributed by atoms with van der Waals surface area (Å²) in [6.07, 6.45) is 0. The summed E-state index contributed by atoms with van der Waals surface area (Å²) in [7, 11) is 0. The number of para-hydroxylation sites is 1. The van der Waals surface area contributed by atoms with Gasteiger partial charge in [-0.05, 0) is 42.5 Å². The van der Waals surface area contributed by atoms with Crippen LogP contribution >= 0.6 is 11.8 Å². The van der Waals surface area contributed by atoms with Gasteiger partial charge in [-0.1, -0.05) is 42.1 Å². The van der Waals surface area contributed by atoms with Crippen molar-refractivity contribution in [3.05, 3.63) is 95.6 Å². The highest BCUT2D eigenvalue weighted by atomic mass is 32.2. The third kappa shape index (κ3) is 5.07. The second-order valence-electron chi connectivity index (χ2n) is 6.82. The molecular weight excluding hydrogens is 446 g/mol. The fourth-order valence-electron chi connectivity index (χ4n) is 3.07. The maximum absolute atomic E-state index is 14.4. The molecule has 0 atom stereocenters. The van der Waals surface area contributed by atoms with Crippen LogP contribution in [0.3, 0.4) is 0 Å². The zero-order valence-electron chi connectivity index (χ0n) is 17.1. The van der Waals surface area contributed by atoms with E-state index in [0.29, 0.717) is 16.7 Å². The Bertz CT molecular complexity index is 1340. The molecule has 1 aromatic heterocycles. The van der Waals surface area contributed by atoms with Gasteiger partial charge in [-0.2, -0.15) is 5.26 Å². The Morgan fingerprint density at radius 3 is 2.52 bits per heavy atom. The van der Waals surface area contributed by atoms with Crippen LogP contribution in [0.5, 0.6) is 0 Å². The fourth-order valence-corrected chi connectivity index (χ4v) is 3.82. The summed E-state index contributed by atoms with van der Waals surface area (Å²) >= 11 is 1.06. The van der Waals surface area contributed by atoms with Gasteiger partial charge in [-0.3, -0.25) is 9.36 Å². The van der Waals surface area contributed by atoms with Crippen LogP contribution in [0, 0.1) is 23.0 Å². The van der Waals surface area contributed by atoms with Gasteiger partial charge in [0, 0.05) is 11.3 Å². The van der Waals surface area contributed by atoms with E-state index in [0.717, 1.165) is 17.8 Å². The van der Waals surface area contributed by atoms with E-state index in [1.54, 1.807) is 22.8 Å².